The number of carbonyl (C=O) groups is 2. The van der Waals surface area contributed by atoms with Crippen LogP contribution in [0.2, 0.25) is 0 Å². The van der Waals surface area contributed by atoms with Gasteiger partial charge in [-0.1, -0.05) is 26.8 Å². The molecular weight excluding hydrogens is 292 g/mol. The van der Waals surface area contributed by atoms with E-state index in [0.29, 0.717) is 19.5 Å². The molecular formula is C17H21N4O2. The summed E-state index contributed by atoms with van der Waals surface area (Å²) in [5, 5.41) is 7.62. The first-order chi connectivity index (χ1) is 10.8. The molecule has 0 atom stereocenters. The highest BCUT2D eigenvalue weighted by atomic mass is 16.2. The second-order valence-electron chi connectivity index (χ2n) is 7.23. The maximum Gasteiger partial charge on any atom is 0.269 e. The first-order valence-electron chi connectivity index (χ1n) is 7.67. The maximum atomic E-state index is 12.4. The summed E-state index contributed by atoms with van der Waals surface area (Å²) in [6.45, 7) is 7.39. The maximum absolute atomic E-state index is 12.4. The molecule has 2 aromatic rings. The Balaban J connectivity index is 2.12. The number of carbonyl (C=O) groups excluding carboxylic acids is 2. The third-order valence-electron chi connectivity index (χ3n) is 3.99. The number of nitrogens with one attached hydrogen (secondary N) is 1. The SMILES string of the molecule is CC(C)(C)CN1Cc2c(ccc3[nH]nc(C(N)=O)c23)C[CH]C1=O. The van der Waals surface area contributed by atoms with Crippen LogP contribution in [0.4, 0.5) is 0 Å². The van der Waals surface area contributed by atoms with Gasteiger partial charge in [0.1, 0.15) is 0 Å². The van der Waals surface area contributed by atoms with Crippen LogP contribution in [0.3, 0.4) is 0 Å². The molecule has 121 valence electrons. The molecule has 2 heterocycles. The molecule has 6 heteroatoms. The summed E-state index contributed by atoms with van der Waals surface area (Å²) in [5.74, 6) is -0.542. The molecule has 1 radical (unpaired) electrons. The van der Waals surface area contributed by atoms with Gasteiger partial charge in [-0.25, -0.2) is 0 Å². The summed E-state index contributed by atoms with van der Waals surface area (Å²) >= 11 is 0. The molecule has 0 spiro atoms. The Bertz CT molecular complexity index is 786. The van der Waals surface area contributed by atoms with Crippen molar-refractivity contribution in [1.82, 2.24) is 15.1 Å². The van der Waals surface area contributed by atoms with Gasteiger partial charge in [-0.15, -0.1) is 0 Å². The van der Waals surface area contributed by atoms with E-state index in [9.17, 15) is 9.59 Å². The van der Waals surface area contributed by atoms with Crippen LogP contribution in [-0.4, -0.2) is 33.5 Å². The van der Waals surface area contributed by atoms with E-state index in [-0.39, 0.29) is 17.0 Å². The molecule has 1 aromatic carbocycles. The molecule has 0 fully saturated rings. The zero-order chi connectivity index (χ0) is 16.8. The van der Waals surface area contributed by atoms with Crippen molar-refractivity contribution < 1.29 is 9.59 Å². The Hall–Kier alpha value is -2.37. The van der Waals surface area contributed by atoms with Gasteiger partial charge in [0, 0.05) is 18.5 Å². The third-order valence-corrected chi connectivity index (χ3v) is 3.99. The lowest BCUT2D eigenvalue weighted by molar-refractivity contribution is -0.129. The number of nitrogens with two attached hydrogens (primary N) is 1. The van der Waals surface area contributed by atoms with Crippen LogP contribution in [0.1, 0.15) is 42.4 Å². The van der Waals surface area contributed by atoms with E-state index in [1.807, 2.05) is 17.0 Å². The van der Waals surface area contributed by atoms with Crippen molar-refractivity contribution in [2.45, 2.75) is 33.7 Å². The number of amides is 2. The lowest BCUT2D eigenvalue weighted by Gasteiger charge is -2.29. The Labute approximate surface area is 135 Å². The summed E-state index contributed by atoms with van der Waals surface area (Å²) in [7, 11) is 0. The first kappa shape index (κ1) is 15.5. The van der Waals surface area contributed by atoms with Crippen LogP contribution >= 0.6 is 0 Å². The molecule has 1 aliphatic rings. The topological polar surface area (TPSA) is 92.1 Å². The van der Waals surface area contributed by atoms with Crippen LogP contribution in [-0.2, 0) is 17.8 Å². The van der Waals surface area contributed by atoms with Gasteiger partial charge in [-0.3, -0.25) is 14.7 Å². The minimum Gasteiger partial charge on any atom is -0.364 e. The van der Waals surface area contributed by atoms with E-state index in [2.05, 4.69) is 31.0 Å². The third kappa shape index (κ3) is 2.93. The number of aromatic nitrogens is 2. The number of aromatic amines is 1. The minimum absolute atomic E-state index is 0.00911. The summed E-state index contributed by atoms with van der Waals surface area (Å²) in [6.07, 6.45) is 2.25. The molecule has 0 saturated carbocycles. The minimum atomic E-state index is -0.563. The lowest BCUT2D eigenvalue weighted by atomic mass is 9.95. The molecule has 3 rings (SSSR count). The van der Waals surface area contributed by atoms with Crippen molar-refractivity contribution in [3.63, 3.8) is 0 Å². The molecule has 0 aliphatic carbocycles. The monoisotopic (exact) mass is 313 g/mol. The quantitative estimate of drug-likeness (QED) is 0.885. The van der Waals surface area contributed by atoms with Crippen molar-refractivity contribution in [3.05, 3.63) is 35.4 Å². The number of hydrogen-bond donors (Lipinski definition) is 2. The molecule has 1 aromatic heterocycles. The van der Waals surface area contributed by atoms with E-state index in [1.54, 1.807) is 6.42 Å². The van der Waals surface area contributed by atoms with Crippen molar-refractivity contribution in [3.8, 4) is 0 Å². The fraction of sp³-hybridized carbons (Fsp3) is 0.412. The van der Waals surface area contributed by atoms with Crippen LogP contribution in [0.15, 0.2) is 12.1 Å². The molecule has 6 nitrogen and oxygen atoms in total. The predicted octanol–water partition coefficient (Wildman–Crippen LogP) is 1.80. The van der Waals surface area contributed by atoms with Crippen molar-refractivity contribution in [2.24, 2.45) is 11.1 Å². The van der Waals surface area contributed by atoms with Gasteiger partial charge < -0.3 is 10.6 Å². The van der Waals surface area contributed by atoms with Crippen molar-refractivity contribution >= 4 is 22.7 Å². The Morgan fingerprint density at radius 2 is 2.13 bits per heavy atom. The van der Waals surface area contributed by atoms with Gasteiger partial charge in [-0.2, -0.15) is 5.10 Å². The molecule has 23 heavy (non-hydrogen) atoms. The van der Waals surface area contributed by atoms with E-state index < -0.39 is 5.91 Å². The van der Waals surface area contributed by atoms with Gasteiger partial charge in [0.15, 0.2) is 5.69 Å². The van der Waals surface area contributed by atoms with Gasteiger partial charge >= 0.3 is 0 Å². The van der Waals surface area contributed by atoms with E-state index in [0.717, 1.165) is 22.0 Å². The molecule has 0 saturated heterocycles. The second kappa shape index (κ2) is 5.37. The van der Waals surface area contributed by atoms with Crippen molar-refractivity contribution in [2.75, 3.05) is 6.54 Å². The molecule has 1 aliphatic heterocycles. The van der Waals surface area contributed by atoms with Crippen LogP contribution < -0.4 is 5.73 Å². The molecule has 0 unspecified atom stereocenters. The summed E-state index contributed by atoms with van der Waals surface area (Å²) in [4.78, 5) is 25.9. The number of nitrogens with zero attached hydrogens (tertiary/aromatic N) is 2. The molecule has 2 amide bonds. The Morgan fingerprint density at radius 1 is 1.39 bits per heavy atom. The van der Waals surface area contributed by atoms with Crippen LogP contribution in [0.25, 0.3) is 10.9 Å². The Morgan fingerprint density at radius 3 is 2.78 bits per heavy atom. The van der Waals surface area contributed by atoms with Crippen LogP contribution in [0, 0.1) is 11.8 Å². The highest BCUT2D eigenvalue weighted by Crippen LogP contribution is 2.30. The summed E-state index contributed by atoms with van der Waals surface area (Å²) < 4.78 is 0. The number of rotatable bonds is 2. The highest BCUT2D eigenvalue weighted by molar-refractivity contribution is 6.05. The van der Waals surface area contributed by atoms with Gasteiger partial charge in [-0.05, 0) is 29.0 Å². The standard InChI is InChI=1S/C17H21N4O2/c1-17(2,3)9-21-8-11-10(5-7-13(21)22)4-6-12-14(11)15(16(18)23)20-19-12/h4,6-7H,5,8-9H2,1-3H3,(H2,18,23)(H,19,20). The molecule has 0 bridgehead atoms. The lowest BCUT2D eigenvalue weighted by Crippen LogP contribution is -2.36. The average molecular weight is 313 g/mol. The predicted molar refractivity (Wildman–Crippen MR) is 87.5 cm³/mol. The zero-order valence-corrected chi connectivity index (χ0v) is 13.6. The summed E-state index contributed by atoms with van der Waals surface area (Å²) in [6, 6.07) is 3.86. The van der Waals surface area contributed by atoms with Gasteiger partial charge in [0.2, 0.25) is 5.91 Å². The van der Waals surface area contributed by atoms with Gasteiger partial charge in [0.05, 0.1) is 11.9 Å². The number of hydrogen-bond acceptors (Lipinski definition) is 3. The average Bonchev–Trinajstić information content (AvgIpc) is 2.81. The number of fused-ring (bicyclic) bond motifs is 3. The van der Waals surface area contributed by atoms with Gasteiger partial charge in [0.25, 0.3) is 5.91 Å². The van der Waals surface area contributed by atoms with E-state index >= 15 is 0 Å². The van der Waals surface area contributed by atoms with E-state index in [1.165, 1.54) is 0 Å². The number of primary amides is 1. The van der Waals surface area contributed by atoms with Crippen LogP contribution in [0.5, 0.6) is 0 Å². The largest absolute Gasteiger partial charge is 0.364 e. The first-order valence-corrected chi connectivity index (χ1v) is 7.67. The molecule has 3 N–H and O–H groups in total. The summed E-state index contributed by atoms with van der Waals surface area (Å²) in [5.41, 5.74) is 8.43. The van der Waals surface area contributed by atoms with Crippen molar-refractivity contribution in [1.29, 1.82) is 0 Å². The second-order valence-corrected chi connectivity index (χ2v) is 7.23. The highest BCUT2D eigenvalue weighted by Gasteiger charge is 2.27. The fourth-order valence-corrected chi connectivity index (χ4v) is 3.08. The number of benzene rings is 1. The normalized spacial score (nSPS) is 15.6. The number of H-pyrrole nitrogens is 1. The Kier molecular flexibility index (Phi) is 3.62. The fourth-order valence-electron chi connectivity index (χ4n) is 3.08. The smallest absolute Gasteiger partial charge is 0.269 e. The van der Waals surface area contributed by atoms with E-state index in [4.69, 9.17) is 5.73 Å². The zero-order valence-electron chi connectivity index (χ0n) is 13.6.